The van der Waals surface area contributed by atoms with Gasteiger partial charge in [-0.05, 0) is 56.4 Å². The molecule has 3 aromatic heterocycles. The number of carbonyl (C=O) groups is 1. The lowest BCUT2D eigenvalue weighted by atomic mass is 9.91. The Morgan fingerprint density at radius 2 is 2.06 bits per heavy atom. The van der Waals surface area contributed by atoms with Crippen molar-refractivity contribution >= 4 is 17.0 Å². The molecule has 31 heavy (non-hydrogen) atoms. The first-order chi connectivity index (χ1) is 14.8. The minimum absolute atomic E-state index is 0.0107. The van der Waals surface area contributed by atoms with Crippen LogP contribution in [0.2, 0.25) is 0 Å². The van der Waals surface area contributed by atoms with E-state index < -0.39 is 11.7 Å². The number of halogens is 3. The van der Waals surface area contributed by atoms with E-state index in [9.17, 15) is 18.0 Å². The van der Waals surface area contributed by atoms with Gasteiger partial charge in [0.15, 0.2) is 0 Å². The molecule has 1 atom stereocenters. The summed E-state index contributed by atoms with van der Waals surface area (Å²) in [5, 5.41) is 3.86. The average molecular weight is 432 g/mol. The smallest absolute Gasteiger partial charge is 0.342 e. The molecule has 164 valence electrons. The number of fused-ring (bicyclic) bond motifs is 1. The zero-order valence-corrected chi connectivity index (χ0v) is 17.2. The Morgan fingerprint density at radius 3 is 2.81 bits per heavy atom. The van der Waals surface area contributed by atoms with E-state index in [1.54, 1.807) is 17.3 Å². The summed E-state index contributed by atoms with van der Waals surface area (Å²) in [6.07, 6.45) is 2.13. The zero-order valence-electron chi connectivity index (χ0n) is 17.2. The van der Waals surface area contributed by atoms with Crippen LogP contribution in [0, 0.1) is 6.92 Å². The van der Waals surface area contributed by atoms with Gasteiger partial charge in [0.2, 0.25) is 5.91 Å². The maximum atomic E-state index is 13.6. The molecule has 6 nitrogen and oxygen atoms in total. The molecule has 1 aliphatic heterocycles. The molecule has 0 aromatic carbocycles. The standard InChI is InChI=1S/C22H23F3N4O2/c1-14-12-17(22(23,24)25)19-20(28-31-21(19)27-14)16-5-3-11-29(13-16)18(30)6-2-4-15-7-9-26-10-8-15/h7-10,12,16H,2-6,11,13H2,1H3/t16-/m0/s1. The highest BCUT2D eigenvalue weighted by molar-refractivity contribution is 5.82. The highest BCUT2D eigenvalue weighted by atomic mass is 19.4. The van der Waals surface area contributed by atoms with Gasteiger partial charge in [-0.25, -0.2) is 4.98 Å². The van der Waals surface area contributed by atoms with Crippen molar-refractivity contribution < 1.29 is 22.5 Å². The summed E-state index contributed by atoms with van der Waals surface area (Å²) >= 11 is 0. The first kappa shape index (κ1) is 21.3. The van der Waals surface area contributed by atoms with Gasteiger partial charge in [-0.1, -0.05) is 5.16 Å². The first-order valence-electron chi connectivity index (χ1n) is 10.3. The van der Waals surface area contributed by atoms with E-state index >= 15 is 0 Å². The largest absolute Gasteiger partial charge is 0.417 e. The number of carbonyl (C=O) groups excluding carboxylic acids is 1. The molecule has 1 amide bonds. The molecule has 9 heteroatoms. The van der Waals surface area contributed by atoms with E-state index in [-0.39, 0.29) is 34.3 Å². The average Bonchev–Trinajstić information content (AvgIpc) is 3.17. The van der Waals surface area contributed by atoms with Crippen molar-refractivity contribution in [3.63, 3.8) is 0 Å². The molecule has 0 bridgehead atoms. The fourth-order valence-corrected chi connectivity index (χ4v) is 4.18. The molecule has 0 N–H and O–H groups in total. The lowest BCUT2D eigenvalue weighted by Gasteiger charge is -2.32. The second-order valence-corrected chi connectivity index (χ2v) is 7.94. The Balaban J connectivity index is 1.48. The van der Waals surface area contributed by atoms with Gasteiger partial charge in [-0.2, -0.15) is 13.2 Å². The van der Waals surface area contributed by atoms with Crippen LogP contribution in [0.25, 0.3) is 11.1 Å². The number of hydrogen-bond acceptors (Lipinski definition) is 5. The molecular formula is C22H23F3N4O2. The third-order valence-corrected chi connectivity index (χ3v) is 5.67. The topological polar surface area (TPSA) is 72.1 Å². The number of nitrogens with zero attached hydrogens (tertiary/aromatic N) is 4. The van der Waals surface area contributed by atoms with E-state index in [2.05, 4.69) is 15.1 Å². The number of aromatic nitrogens is 3. The number of piperidine rings is 1. The number of pyridine rings is 2. The van der Waals surface area contributed by atoms with Gasteiger partial charge in [0.05, 0.1) is 16.6 Å². The van der Waals surface area contributed by atoms with Crippen molar-refractivity contribution in [2.24, 2.45) is 0 Å². The normalized spacial score (nSPS) is 17.3. The highest BCUT2D eigenvalue weighted by Crippen LogP contribution is 2.40. The van der Waals surface area contributed by atoms with Crippen LogP contribution in [-0.4, -0.2) is 39.0 Å². The second kappa shape index (κ2) is 8.64. The molecular weight excluding hydrogens is 409 g/mol. The Morgan fingerprint density at radius 1 is 1.29 bits per heavy atom. The number of rotatable bonds is 5. The molecule has 0 aliphatic carbocycles. The molecule has 0 spiro atoms. The van der Waals surface area contributed by atoms with Gasteiger partial charge >= 0.3 is 6.18 Å². The van der Waals surface area contributed by atoms with Crippen LogP contribution in [0.4, 0.5) is 13.2 Å². The number of alkyl halides is 3. The summed E-state index contributed by atoms with van der Waals surface area (Å²) < 4.78 is 46.1. The minimum atomic E-state index is -4.54. The van der Waals surface area contributed by atoms with Gasteiger partial charge in [0, 0.05) is 43.5 Å². The first-order valence-corrected chi connectivity index (χ1v) is 10.3. The van der Waals surface area contributed by atoms with Crippen LogP contribution in [0.1, 0.15) is 54.1 Å². The third-order valence-electron chi connectivity index (χ3n) is 5.67. The van der Waals surface area contributed by atoms with Gasteiger partial charge in [-0.15, -0.1) is 0 Å². The summed E-state index contributed by atoms with van der Waals surface area (Å²) in [5.74, 6) is -0.304. The molecule has 4 rings (SSSR count). The van der Waals surface area contributed by atoms with E-state index in [0.29, 0.717) is 38.8 Å². The Bertz CT molecular complexity index is 1070. The van der Waals surface area contributed by atoms with Gasteiger partial charge in [0.1, 0.15) is 0 Å². The predicted molar refractivity (Wildman–Crippen MR) is 107 cm³/mol. The summed E-state index contributed by atoms with van der Waals surface area (Å²) in [5.41, 5.74) is 0.687. The molecule has 1 fully saturated rings. The lowest BCUT2D eigenvalue weighted by molar-refractivity contribution is -0.136. The summed E-state index contributed by atoms with van der Waals surface area (Å²) in [6.45, 7) is 2.43. The van der Waals surface area contributed by atoms with Crippen molar-refractivity contribution in [3.8, 4) is 0 Å². The summed E-state index contributed by atoms with van der Waals surface area (Å²) in [7, 11) is 0. The fourth-order valence-electron chi connectivity index (χ4n) is 4.18. The number of amides is 1. The Hall–Kier alpha value is -2.97. The maximum Gasteiger partial charge on any atom is 0.417 e. The van der Waals surface area contributed by atoms with Crippen molar-refractivity contribution in [2.75, 3.05) is 13.1 Å². The summed E-state index contributed by atoms with van der Waals surface area (Å²) in [6, 6.07) is 4.87. The molecule has 1 saturated heterocycles. The second-order valence-electron chi connectivity index (χ2n) is 7.94. The quantitative estimate of drug-likeness (QED) is 0.586. The van der Waals surface area contributed by atoms with Crippen molar-refractivity contribution in [1.82, 2.24) is 20.0 Å². The van der Waals surface area contributed by atoms with E-state index in [1.165, 1.54) is 6.92 Å². The molecule has 0 unspecified atom stereocenters. The van der Waals surface area contributed by atoms with E-state index in [4.69, 9.17) is 4.52 Å². The minimum Gasteiger partial charge on any atom is -0.342 e. The SMILES string of the molecule is Cc1cc(C(F)(F)F)c2c([C@H]3CCCN(C(=O)CCCc4ccncc4)C3)noc2n1. The van der Waals surface area contributed by atoms with Crippen LogP contribution in [0.5, 0.6) is 0 Å². The molecule has 0 radical (unpaired) electrons. The molecule has 4 heterocycles. The lowest BCUT2D eigenvalue weighted by Crippen LogP contribution is -2.39. The van der Waals surface area contributed by atoms with Gasteiger partial charge < -0.3 is 9.42 Å². The molecule has 3 aromatic rings. The predicted octanol–water partition coefficient (Wildman–Crippen LogP) is 4.67. The van der Waals surface area contributed by atoms with Crippen molar-refractivity contribution in [3.05, 3.63) is 53.1 Å². The number of hydrogen-bond donors (Lipinski definition) is 0. The number of likely N-dealkylation sites (tertiary alicyclic amines) is 1. The van der Waals surface area contributed by atoms with Gasteiger partial charge in [-0.3, -0.25) is 9.78 Å². The third kappa shape index (κ3) is 4.70. The van der Waals surface area contributed by atoms with Crippen LogP contribution in [0.15, 0.2) is 35.1 Å². The fraction of sp³-hybridized carbons (Fsp3) is 0.455. The monoisotopic (exact) mass is 432 g/mol. The summed E-state index contributed by atoms with van der Waals surface area (Å²) in [4.78, 5) is 22.5. The van der Waals surface area contributed by atoms with Crippen molar-refractivity contribution in [1.29, 1.82) is 0 Å². The van der Waals surface area contributed by atoms with Crippen LogP contribution >= 0.6 is 0 Å². The van der Waals surface area contributed by atoms with Crippen LogP contribution in [0.3, 0.4) is 0 Å². The van der Waals surface area contributed by atoms with Crippen LogP contribution in [-0.2, 0) is 17.4 Å². The highest BCUT2D eigenvalue weighted by Gasteiger charge is 2.38. The molecule has 1 aliphatic rings. The number of aryl methyl sites for hydroxylation is 2. The van der Waals surface area contributed by atoms with Gasteiger partial charge in [0.25, 0.3) is 5.71 Å². The van der Waals surface area contributed by atoms with Crippen molar-refractivity contribution in [2.45, 2.75) is 51.1 Å². The Kier molecular flexibility index (Phi) is 5.93. The van der Waals surface area contributed by atoms with E-state index in [1.807, 2.05) is 12.1 Å². The zero-order chi connectivity index (χ0) is 22.0. The maximum absolute atomic E-state index is 13.6. The molecule has 0 saturated carbocycles. The van der Waals surface area contributed by atoms with Crippen LogP contribution < -0.4 is 0 Å². The van der Waals surface area contributed by atoms with E-state index in [0.717, 1.165) is 18.1 Å². The Labute approximate surface area is 177 Å².